The van der Waals surface area contributed by atoms with Crippen molar-refractivity contribution < 1.29 is 19.5 Å². The zero-order valence-corrected chi connectivity index (χ0v) is 14.0. The number of benzene rings is 1. The van der Waals surface area contributed by atoms with Gasteiger partial charge < -0.3 is 15.3 Å². The van der Waals surface area contributed by atoms with E-state index in [2.05, 4.69) is 5.32 Å². The summed E-state index contributed by atoms with van der Waals surface area (Å²) in [7, 11) is 1.57. The normalized spacial score (nSPS) is 14.9. The number of rotatable bonds is 6. The van der Waals surface area contributed by atoms with E-state index in [1.54, 1.807) is 31.3 Å². The Balaban J connectivity index is 1.98. The second-order valence-corrected chi connectivity index (χ2v) is 6.28. The highest BCUT2D eigenvalue weighted by Gasteiger charge is 2.21. The minimum atomic E-state index is -0.942. The van der Waals surface area contributed by atoms with E-state index in [0.717, 1.165) is 25.7 Å². The molecule has 1 aromatic rings. The molecule has 1 saturated carbocycles. The molecule has 130 valence electrons. The molecule has 0 atom stereocenters. The Hall–Kier alpha value is -2.37. The summed E-state index contributed by atoms with van der Waals surface area (Å²) in [5.74, 6) is -1.14. The van der Waals surface area contributed by atoms with Crippen molar-refractivity contribution in [3.05, 3.63) is 29.8 Å². The molecular formula is C18H24N2O4. The van der Waals surface area contributed by atoms with E-state index in [1.807, 2.05) is 0 Å². The van der Waals surface area contributed by atoms with Crippen LogP contribution >= 0.6 is 0 Å². The Bertz CT molecular complexity index is 609. The second kappa shape index (κ2) is 8.47. The number of carboxylic acid groups (broad SMARTS) is 1. The predicted molar refractivity (Wildman–Crippen MR) is 90.9 cm³/mol. The summed E-state index contributed by atoms with van der Waals surface area (Å²) >= 11 is 0. The zero-order valence-electron chi connectivity index (χ0n) is 14.0. The van der Waals surface area contributed by atoms with Crippen LogP contribution in [0.2, 0.25) is 0 Å². The first-order valence-corrected chi connectivity index (χ1v) is 8.35. The standard InChI is InChI=1S/C18H24N2O4/c1-20(11-10-16(21)22)18(24)14-8-5-9-15(12-14)19-17(23)13-6-3-2-4-7-13/h5,8-9,12-13H,2-4,6-7,10-11H2,1H3,(H,19,23)(H,21,22). The van der Waals surface area contributed by atoms with Crippen LogP contribution in [-0.2, 0) is 9.59 Å². The van der Waals surface area contributed by atoms with Gasteiger partial charge in [0.05, 0.1) is 6.42 Å². The molecule has 1 fully saturated rings. The summed E-state index contributed by atoms with van der Waals surface area (Å²) in [4.78, 5) is 36.6. The Morgan fingerprint density at radius 3 is 2.58 bits per heavy atom. The van der Waals surface area contributed by atoms with Gasteiger partial charge in [0.25, 0.3) is 5.91 Å². The van der Waals surface area contributed by atoms with Crippen molar-refractivity contribution in [2.75, 3.05) is 18.9 Å². The van der Waals surface area contributed by atoms with E-state index in [-0.39, 0.29) is 30.7 Å². The third kappa shape index (κ3) is 5.08. The molecule has 24 heavy (non-hydrogen) atoms. The fraction of sp³-hybridized carbons (Fsp3) is 0.500. The molecule has 0 saturated heterocycles. The van der Waals surface area contributed by atoms with Crippen LogP contribution in [0.15, 0.2) is 24.3 Å². The van der Waals surface area contributed by atoms with Crippen LogP contribution in [-0.4, -0.2) is 41.4 Å². The van der Waals surface area contributed by atoms with Crippen LogP contribution in [0.25, 0.3) is 0 Å². The van der Waals surface area contributed by atoms with E-state index < -0.39 is 5.97 Å². The van der Waals surface area contributed by atoms with Gasteiger partial charge in [0.2, 0.25) is 5.91 Å². The smallest absolute Gasteiger partial charge is 0.305 e. The molecule has 0 spiro atoms. The minimum absolute atomic E-state index is 0.0125. The maximum Gasteiger partial charge on any atom is 0.305 e. The van der Waals surface area contributed by atoms with Crippen LogP contribution in [0, 0.1) is 5.92 Å². The molecule has 0 bridgehead atoms. The molecule has 0 aromatic heterocycles. The van der Waals surface area contributed by atoms with Crippen LogP contribution in [0.4, 0.5) is 5.69 Å². The number of hydrogen-bond donors (Lipinski definition) is 2. The van der Waals surface area contributed by atoms with Crippen molar-refractivity contribution in [2.24, 2.45) is 5.92 Å². The summed E-state index contributed by atoms with van der Waals surface area (Å²) in [6.07, 6.45) is 5.11. The summed E-state index contributed by atoms with van der Waals surface area (Å²) in [6.45, 7) is 0.146. The first kappa shape index (κ1) is 18.0. The molecule has 1 aliphatic carbocycles. The van der Waals surface area contributed by atoms with Gasteiger partial charge in [-0.2, -0.15) is 0 Å². The fourth-order valence-corrected chi connectivity index (χ4v) is 2.92. The lowest BCUT2D eigenvalue weighted by molar-refractivity contribution is -0.137. The Labute approximate surface area is 141 Å². The van der Waals surface area contributed by atoms with Gasteiger partial charge in [-0.1, -0.05) is 25.3 Å². The molecule has 0 aliphatic heterocycles. The third-order valence-electron chi connectivity index (χ3n) is 4.36. The Morgan fingerprint density at radius 1 is 1.21 bits per heavy atom. The van der Waals surface area contributed by atoms with Crippen molar-refractivity contribution in [2.45, 2.75) is 38.5 Å². The largest absolute Gasteiger partial charge is 0.481 e. The number of amides is 2. The highest BCUT2D eigenvalue weighted by Crippen LogP contribution is 2.25. The van der Waals surface area contributed by atoms with Gasteiger partial charge in [0.1, 0.15) is 0 Å². The van der Waals surface area contributed by atoms with Gasteiger partial charge in [0, 0.05) is 30.8 Å². The lowest BCUT2D eigenvalue weighted by Gasteiger charge is -2.21. The van der Waals surface area contributed by atoms with E-state index in [0.29, 0.717) is 11.3 Å². The average Bonchev–Trinajstić information content (AvgIpc) is 2.60. The number of aliphatic carboxylic acids is 1. The van der Waals surface area contributed by atoms with Crippen molar-refractivity contribution in [1.29, 1.82) is 0 Å². The molecule has 6 heteroatoms. The van der Waals surface area contributed by atoms with Gasteiger partial charge in [-0.3, -0.25) is 14.4 Å². The highest BCUT2D eigenvalue weighted by atomic mass is 16.4. The summed E-state index contributed by atoms with van der Waals surface area (Å²) in [5.41, 5.74) is 1.03. The van der Waals surface area contributed by atoms with Gasteiger partial charge in [-0.15, -0.1) is 0 Å². The number of carbonyl (C=O) groups is 3. The number of nitrogens with one attached hydrogen (secondary N) is 1. The van der Waals surface area contributed by atoms with Crippen LogP contribution in [0.1, 0.15) is 48.9 Å². The SMILES string of the molecule is CN(CCC(=O)O)C(=O)c1cccc(NC(=O)C2CCCCC2)c1. The molecule has 0 heterocycles. The minimum Gasteiger partial charge on any atom is -0.481 e. The maximum atomic E-state index is 12.3. The van der Waals surface area contributed by atoms with Gasteiger partial charge in [0.15, 0.2) is 0 Å². The highest BCUT2D eigenvalue weighted by molar-refractivity contribution is 5.97. The van der Waals surface area contributed by atoms with E-state index in [9.17, 15) is 14.4 Å². The van der Waals surface area contributed by atoms with Crippen molar-refractivity contribution in [3.63, 3.8) is 0 Å². The van der Waals surface area contributed by atoms with Crippen LogP contribution < -0.4 is 5.32 Å². The predicted octanol–water partition coefficient (Wildman–Crippen LogP) is 2.75. The maximum absolute atomic E-state index is 12.3. The summed E-state index contributed by atoms with van der Waals surface area (Å²) in [6, 6.07) is 6.78. The third-order valence-corrected chi connectivity index (χ3v) is 4.36. The Kier molecular flexibility index (Phi) is 6.35. The Morgan fingerprint density at radius 2 is 1.92 bits per heavy atom. The average molecular weight is 332 g/mol. The van der Waals surface area contributed by atoms with E-state index in [4.69, 9.17) is 5.11 Å². The molecule has 2 N–H and O–H groups in total. The van der Waals surface area contributed by atoms with Crippen molar-refractivity contribution >= 4 is 23.5 Å². The topological polar surface area (TPSA) is 86.7 Å². The summed E-state index contributed by atoms with van der Waals surface area (Å²) < 4.78 is 0. The molecule has 6 nitrogen and oxygen atoms in total. The first-order valence-electron chi connectivity index (χ1n) is 8.35. The summed E-state index contributed by atoms with van der Waals surface area (Å²) in [5, 5.41) is 11.6. The molecular weight excluding hydrogens is 308 g/mol. The van der Waals surface area contributed by atoms with Gasteiger partial charge in [-0.05, 0) is 31.0 Å². The van der Waals surface area contributed by atoms with Crippen LogP contribution in [0.5, 0.6) is 0 Å². The zero-order chi connectivity index (χ0) is 17.5. The molecule has 1 aliphatic rings. The van der Waals surface area contributed by atoms with Crippen LogP contribution in [0.3, 0.4) is 0 Å². The molecule has 0 radical (unpaired) electrons. The molecule has 0 unspecified atom stereocenters. The van der Waals surface area contributed by atoms with Crippen molar-refractivity contribution in [1.82, 2.24) is 4.90 Å². The quantitative estimate of drug-likeness (QED) is 0.838. The fourth-order valence-electron chi connectivity index (χ4n) is 2.92. The van der Waals surface area contributed by atoms with E-state index >= 15 is 0 Å². The number of hydrogen-bond acceptors (Lipinski definition) is 3. The first-order chi connectivity index (χ1) is 11.5. The monoisotopic (exact) mass is 332 g/mol. The lowest BCUT2D eigenvalue weighted by atomic mass is 9.88. The number of nitrogens with zero attached hydrogens (tertiary/aromatic N) is 1. The lowest BCUT2D eigenvalue weighted by Crippen LogP contribution is -2.29. The molecule has 2 rings (SSSR count). The number of carboxylic acids is 1. The number of carbonyl (C=O) groups excluding carboxylic acids is 2. The molecule has 1 aromatic carbocycles. The second-order valence-electron chi connectivity index (χ2n) is 6.28. The molecule has 2 amide bonds. The van der Waals surface area contributed by atoms with Gasteiger partial charge >= 0.3 is 5.97 Å². The number of anilines is 1. The van der Waals surface area contributed by atoms with Crippen molar-refractivity contribution in [3.8, 4) is 0 Å². The van der Waals surface area contributed by atoms with E-state index in [1.165, 1.54) is 11.3 Å². The van der Waals surface area contributed by atoms with Gasteiger partial charge in [-0.25, -0.2) is 0 Å².